The molecule has 2 rings (SSSR count). The molecule has 0 aromatic carbocycles. The summed E-state index contributed by atoms with van der Waals surface area (Å²) in [5.41, 5.74) is 0.859. The molecule has 2 aromatic heterocycles. The maximum absolute atomic E-state index is 11.8. The molecule has 112 valence electrons. The fraction of sp³-hybridized carbons (Fsp3) is 0.462. The molecule has 0 spiro atoms. The lowest BCUT2D eigenvalue weighted by molar-refractivity contribution is 0.0600. The van der Waals surface area contributed by atoms with E-state index < -0.39 is 5.97 Å². The van der Waals surface area contributed by atoms with Crippen LogP contribution in [-0.4, -0.2) is 44.3 Å². The highest BCUT2D eigenvalue weighted by Crippen LogP contribution is 2.19. The number of esters is 1. The quantitative estimate of drug-likeness (QED) is 0.828. The molecule has 0 aliphatic carbocycles. The molecule has 8 nitrogen and oxygen atoms in total. The number of carbonyl (C=O) groups excluding carboxylic acids is 1. The molecule has 0 saturated carbocycles. The van der Waals surface area contributed by atoms with Crippen molar-refractivity contribution in [2.24, 2.45) is 7.05 Å². The molecule has 0 radical (unpaired) electrons. The van der Waals surface area contributed by atoms with E-state index in [1.165, 1.54) is 11.9 Å². The van der Waals surface area contributed by atoms with Crippen molar-refractivity contribution in [2.45, 2.75) is 26.3 Å². The molecule has 1 unspecified atom stereocenters. The van der Waals surface area contributed by atoms with E-state index >= 15 is 0 Å². The molecule has 21 heavy (non-hydrogen) atoms. The van der Waals surface area contributed by atoms with E-state index in [1.54, 1.807) is 19.2 Å². The van der Waals surface area contributed by atoms with E-state index in [1.807, 2.05) is 6.92 Å². The van der Waals surface area contributed by atoms with Crippen molar-refractivity contribution in [3.05, 3.63) is 17.7 Å². The smallest absolute Gasteiger partial charge is 0.338 e. The Kier molecular flexibility index (Phi) is 4.46. The summed E-state index contributed by atoms with van der Waals surface area (Å²) in [4.78, 5) is 17.5. The lowest BCUT2D eigenvalue weighted by Gasteiger charge is -2.13. The molecule has 1 atom stereocenters. The molecule has 0 aliphatic heterocycles. The number of nitrogens with one attached hydrogen (secondary N) is 1. The van der Waals surface area contributed by atoms with Crippen LogP contribution in [0.3, 0.4) is 0 Å². The Balaban J connectivity index is 2.44. The van der Waals surface area contributed by atoms with Crippen LogP contribution in [0.15, 0.2) is 12.1 Å². The lowest BCUT2D eigenvalue weighted by atomic mass is 10.2. The van der Waals surface area contributed by atoms with Crippen LogP contribution in [0.4, 0.5) is 5.82 Å². The Morgan fingerprint density at radius 2 is 2.24 bits per heavy atom. The van der Waals surface area contributed by atoms with Gasteiger partial charge >= 0.3 is 5.97 Å². The largest absolute Gasteiger partial charge is 0.465 e. The SMILES string of the molecule is CCC(C)Nc1cc(C(=O)OC)cc(-c2nnn(C)n2)n1. The second-order valence-corrected chi connectivity index (χ2v) is 4.67. The Labute approximate surface area is 122 Å². The van der Waals surface area contributed by atoms with Crippen LogP contribution >= 0.6 is 0 Å². The molecule has 0 amide bonds. The second-order valence-electron chi connectivity index (χ2n) is 4.67. The average Bonchev–Trinajstić information content (AvgIpc) is 2.92. The summed E-state index contributed by atoms with van der Waals surface area (Å²) in [6, 6.07) is 3.47. The number of anilines is 1. The monoisotopic (exact) mass is 290 g/mol. The van der Waals surface area contributed by atoms with Gasteiger partial charge in [-0.05, 0) is 30.7 Å². The minimum Gasteiger partial charge on any atom is -0.465 e. The summed E-state index contributed by atoms with van der Waals surface area (Å²) in [5.74, 6) is 0.500. The van der Waals surface area contributed by atoms with Crippen LogP contribution < -0.4 is 5.32 Å². The number of pyridine rings is 1. The minimum absolute atomic E-state index is 0.230. The van der Waals surface area contributed by atoms with Crippen molar-refractivity contribution in [2.75, 3.05) is 12.4 Å². The first-order chi connectivity index (χ1) is 10.0. The van der Waals surface area contributed by atoms with Gasteiger partial charge in [0.1, 0.15) is 11.5 Å². The maximum Gasteiger partial charge on any atom is 0.338 e. The molecule has 0 fully saturated rings. The van der Waals surface area contributed by atoms with E-state index in [2.05, 4.69) is 32.6 Å². The second kappa shape index (κ2) is 6.29. The fourth-order valence-electron chi connectivity index (χ4n) is 1.70. The van der Waals surface area contributed by atoms with Crippen molar-refractivity contribution < 1.29 is 9.53 Å². The van der Waals surface area contributed by atoms with E-state index in [9.17, 15) is 4.79 Å². The molecule has 8 heteroatoms. The first kappa shape index (κ1) is 14.9. The van der Waals surface area contributed by atoms with Gasteiger partial charge in [0.05, 0.1) is 19.7 Å². The summed E-state index contributed by atoms with van der Waals surface area (Å²) in [6.07, 6.45) is 0.933. The van der Waals surface area contributed by atoms with Gasteiger partial charge in [-0.15, -0.1) is 10.2 Å². The van der Waals surface area contributed by atoms with E-state index in [0.717, 1.165) is 6.42 Å². The zero-order valence-corrected chi connectivity index (χ0v) is 12.5. The third-order valence-electron chi connectivity index (χ3n) is 2.99. The number of methoxy groups -OCH3 is 1. The highest BCUT2D eigenvalue weighted by atomic mass is 16.5. The zero-order chi connectivity index (χ0) is 15.4. The van der Waals surface area contributed by atoms with Crippen molar-refractivity contribution in [3.8, 4) is 11.5 Å². The molecular formula is C13H18N6O2. The number of rotatable bonds is 5. The van der Waals surface area contributed by atoms with Gasteiger partial charge in [-0.3, -0.25) is 0 Å². The minimum atomic E-state index is -0.435. The first-order valence-electron chi connectivity index (χ1n) is 6.64. The highest BCUT2D eigenvalue weighted by molar-refractivity contribution is 5.91. The van der Waals surface area contributed by atoms with Crippen molar-refractivity contribution in [3.63, 3.8) is 0 Å². The van der Waals surface area contributed by atoms with Gasteiger partial charge in [-0.25, -0.2) is 9.78 Å². The standard InChI is InChI=1S/C13H18N6O2/c1-5-8(2)14-11-7-9(13(20)21-4)6-10(15-11)12-16-18-19(3)17-12/h6-8H,5H2,1-4H3,(H,14,15). The van der Waals surface area contributed by atoms with Crippen LogP contribution in [0.25, 0.3) is 11.5 Å². The van der Waals surface area contributed by atoms with Crippen molar-refractivity contribution in [1.82, 2.24) is 25.2 Å². The number of aryl methyl sites for hydroxylation is 1. The number of ether oxygens (including phenoxy) is 1. The predicted molar refractivity (Wildman–Crippen MR) is 76.7 cm³/mol. The molecule has 0 aliphatic rings. The lowest BCUT2D eigenvalue weighted by Crippen LogP contribution is -2.15. The van der Waals surface area contributed by atoms with Gasteiger partial charge < -0.3 is 10.1 Å². The van der Waals surface area contributed by atoms with Crippen LogP contribution in [0, 0.1) is 0 Å². The van der Waals surface area contributed by atoms with Crippen molar-refractivity contribution >= 4 is 11.8 Å². The van der Waals surface area contributed by atoms with Gasteiger partial charge in [-0.2, -0.15) is 4.80 Å². The van der Waals surface area contributed by atoms with Crippen LogP contribution in [0.2, 0.25) is 0 Å². The van der Waals surface area contributed by atoms with Gasteiger partial charge in [0.2, 0.25) is 5.82 Å². The van der Waals surface area contributed by atoms with Gasteiger partial charge in [0, 0.05) is 6.04 Å². The fourth-order valence-corrected chi connectivity index (χ4v) is 1.70. The number of hydrogen-bond donors (Lipinski definition) is 1. The van der Waals surface area contributed by atoms with E-state index in [4.69, 9.17) is 4.74 Å². The van der Waals surface area contributed by atoms with Crippen LogP contribution in [-0.2, 0) is 11.8 Å². The topological polar surface area (TPSA) is 94.8 Å². The molecular weight excluding hydrogens is 272 g/mol. The maximum atomic E-state index is 11.8. The summed E-state index contributed by atoms with van der Waals surface area (Å²) in [6.45, 7) is 4.10. The number of aromatic nitrogens is 5. The number of carbonyl (C=O) groups is 1. The Hall–Kier alpha value is -2.51. The predicted octanol–water partition coefficient (Wildman–Crippen LogP) is 1.27. The Bertz CT molecular complexity index is 639. The molecule has 0 bridgehead atoms. The molecule has 2 aromatic rings. The third kappa shape index (κ3) is 3.53. The van der Waals surface area contributed by atoms with Gasteiger partial charge in [0.15, 0.2) is 0 Å². The summed E-state index contributed by atoms with van der Waals surface area (Å²) in [7, 11) is 3.00. The van der Waals surface area contributed by atoms with E-state index in [0.29, 0.717) is 22.9 Å². The van der Waals surface area contributed by atoms with Crippen LogP contribution in [0.5, 0.6) is 0 Å². The summed E-state index contributed by atoms with van der Waals surface area (Å²) < 4.78 is 4.76. The van der Waals surface area contributed by atoms with E-state index in [-0.39, 0.29) is 6.04 Å². The summed E-state index contributed by atoms with van der Waals surface area (Å²) in [5, 5.41) is 15.0. The third-order valence-corrected chi connectivity index (χ3v) is 2.99. The van der Waals surface area contributed by atoms with Gasteiger partial charge in [0.25, 0.3) is 0 Å². The Morgan fingerprint density at radius 3 is 2.81 bits per heavy atom. The van der Waals surface area contributed by atoms with Crippen molar-refractivity contribution in [1.29, 1.82) is 0 Å². The normalized spacial score (nSPS) is 12.0. The highest BCUT2D eigenvalue weighted by Gasteiger charge is 2.15. The molecule has 0 saturated heterocycles. The zero-order valence-electron chi connectivity index (χ0n) is 12.5. The molecule has 2 heterocycles. The number of hydrogen-bond acceptors (Lipinski definition) is 7. The van der Waals surface area contributed by atoms with Gasteiger partial charge in [-0.1, -0.05) is 6.92 Å². The number of tetrazole rings is 1. The number of nitrogens with zero attached hydrogens (tertiary/aromatic N) is 5. The Morgan fingerprint density at radius 1 is 1.48 bits per heavy atom. The molecule has 1 N–H and O–H groups in total. The first-order valence-corrected chi connectivity index (χ1v) is 6.64. The summed E-state index contributed by atoms with van der Waals surface area (Å²) >= 11 is 0. The average molecular weight is 290 g/mol. The van der Waals surface area contributed by atoms with Crippen LogP contribution in [0.1, 0.15) is 30.6 Å².